The summed E-state index contributed by atoms with van der Waals surface area (Å²) in [7, 11) is 0. The van der Waals surface area contributed by atoms with E-state index in [0.717, 1.165) is 5.56 Å². The molecule has 0 radical (unpaired) electrons. The molecule has 0 aromatic heterocycles. The Hall–Kier alpha value is -1.31. The summed E-state index contributed by atoms with van der Waals surface area (Å²) in [5, 5.41) is 17.9. The third kappa shape index (κ3) is 9.98. The van der Waals surface area contributed by atoms with Crippen molar-refractivity contribution in [3.63, 3.8) is 0 Å². The number of nitrogens with two attached hydrogens (primary N) is 1. The Morgan fingerprint density at radius 3 is 2.04 bits per heavy atom. The molecule has 27 heavy (non-hydrogen) atoms. The molecule has 0 amide bonds. The van der Waals surface area contributed by atoms with Crippen LogP contribution in [0.1, 0.15) is 19.4 Å². The quantitative estimate of drug-likeness (QED) is 0.617. The standard InChI is InChI=1S/C10H11ClO3.C9H11NO2.Ca.2H/c1-10(2,9(12)13)14-8-5-3-7(11)4-6-8;10-8(9(11)12)6-7-4-2-1-3-5-7;;;/h3-6H,1-2H3,(H,12,13);1-5,8H,6,10H2,(H,11,12);;;/t;8-;;;/m.0.../s1. The average molecular weight is 422 g/mol. The molecule has 0 bridgehead atoms. The first-order valence-electron chi connectivity index (χ1n) is 7.82. The van der Waals surface area contributed by atoms with E-state index >= 15 is 0 Å². The van der Waals surface area contributed by atoms with Crippen LogP contribution in [0.15, 0.2) is 54.6 Å². The van der Waals surface area contributed by atoms with Crippen molar-refractivity contribution in [1.29, 1.82) is 0 Å². The summed E-state index contributed by atoms with van der Waals surface area (Å²) in [5.41, 5.74) is 5.07. The molecule has 0 heterocycles. The van der Waals surface area contributed by atoms with E-state index in [1.165, 1.54) is 13.8 Å². The molecule has 2 aromatic carbocycles. The maximum absolute atomic E-state index is 10.7. The van der Waals surface area contributed by atoms with Gasteiger partial charge in [0.05, 0.1) is 0 Å². The van der Waals surface area contributed by atoms with Crippen LogP contribution in [0.25, 0.3) is 0 Å². The Morgan fingerprint density at radius 1 is 1.07 bits per heavy atom. The number of benzene rings is 2. The molecule has 0 saturated carbocycles. The van der Waals surface area contributed by atoms with E-state index in [1.807, 2.05) is 30.3 Å². The first-order valence-corrected chi connectivity index (χ1v) is 8.20. The van der Waals surface area contributed by atoms with Crippen molar-refractivity contribution in [2.24, 2.45) is 5.73 Å². The summed E-state index contributed by atoms with van der Waals surface area (Å²) in [5.74, 6) is -1.48. The Morgan fingerprint density at radius 2 is 1.59 bits per heavy atom. The van der Waals surface area contributed by atoms with Gasteiger partial charge in [-0.15, -0.1) is 0 Å². The van der Waals surface area contributed by atoms with Gasteiger partial charge in [-0.25, -0.2) is 4.79 Å². The van der Waals surface area contributed by atoms with E-state index in [2.05, 4.69) is 0 Å². The van der Waals surface area contributed by atoms with Gasteiger partial charge >= 0.3 is 49.7 Å². The summed E-state index contributed by atoms with van der Waals surface area (Å²) in [6.45, 7) is 2.98. The van der Waals surface area contributed by atoms with Crippen LogP contribution in [-0.2, 0) is 16.0 Å². The number of carboxylic acid groups (broad SMARTS) is 2. The minimum absolute atomic E-state index is 0. The minimum atomic E-state index is -1.23. The van der Waals surface area contributed by atoms with E-state index in [-0.39, 0.29) is 37.7 Å². The topological polar surface area (TPSA) is 110 Å². The van der Waals surface area contributed by atoms with Crippen molar-refractivity contribution >= 4 is 61.3 Å². The molecule has 0 spiro atoms. The van der Waals surface area contributed by atoms with Crippen LogP contribution >= 0.6 is 11.6 Å². The Labute approximate surface area is 193 Å². The third-order valence-electron chi connectivity index (χ3n) is 3.32. The summed E-state index contributed by atoms with van der Waals surface area (Å²) < 4.78 is 5.26. The van der Waals surface area contributed by atoms with E-state index < -0.39 is 23.6 Å². The first kappa shape index (κ1) is 25.7. The molecular formula is C19H24CaClNO5. The molecule has 0 saturated heterocycles. The normalized spacial score (nSPS) is 11.3. The molecule has 0 aliphatic heterocycles. The van der Waals surface area contributed by atoms with Crippen LogP contribution in [0.3, 0.4) is 0 Å². The van der Waals surface area contributed by atoms with Crippen LogP contribution in [-0.4, -0.2) is 71.5 Å². The molecule has 1 atom stereocenters. The Balaban J connectivity index is 0.000000488. The second-order valence-electron chi connectivity index (χ2n) is 6.01. The van der Waals surface area contributed by atoms with Crippen molar-refractivity contribution in [2.45, 2.75) is 31.9 Å². The number of rotatable bonds is 6. The van der Waals surface area contributed by atoms with E-state index in [9.17, 15) is 9.59 Å². The first-order chi connectivity index (χ1) is 12.1. The van der Waals surface area contributed by atoms with Crippen LogP contribution < -0.4 is 10.5 Å². The van der Waals surface area contributed by atoms with Crippen LogP contribution in [0.5, 0.6) is 5.75 Å². The van der Waals surface area contributed by atoms with Gasteiger partial charge in [-0.05, 0) is 50.1 Å². The predicted octanol–water partition coefficient (Wildman–Crippen LogP) is 2.31. The molecule has 0 fully saturated rings. The van der Waals surface area contributed by atoms with Crippen molar-refractivity contribution in [2.75, 3.05) is 0 Å². The van der Waals surface area contributed by atoms with E-state index in [4.69, 9.17) is 32.3 Å². The summed E-state index contributed by atoms with van der Waals surface area (Å²) in [4.78, 5) is 21.1. The van der Waals surface area contributed by atoms with Gasteiger partial charge in [0.1, 0.15) is 11.8 Å². The fraction of sp³-hybridized carbons (Fsp3) is 0.263. The fourth-order valence-corrected chi connectivity index (χ4v) is 1.92. The zero-order valence-electron chi connectivity index (χ0n) is 14.6. The van der Waals surface area contributed by atoms with Gasteiger partial charge in [-0.2, -0.15) is 0 Å². The molecule has 2 aromatic rings. The fourth-order valence-electron chi connectivity index (χ4n) is 1.80. The van der Waals surface area contributed by atoms with Crippen LogP contribution in [0, 0.1) is 0 Å². The predicted molar refractivity (Wildman–Crippen MR) is 108 cm³/mol. The Bertz CT molecular complexity index is 723. The van der Waals surface area contributed by atoms with E-state index in [1.54, 1.807) is 24.3 Å². The van der Waals surface area contributed by atoms with Crippen molar-refractivity contribution in [3.8, 4) is 5.75 Å². The molecule has 8 heteroatoms. The molecule has 144 valence electrons. The van der Waals surface area contributed by atoms with Crippen molar-refractivity contribution < 1.29 is 24.5 Å². The van der Waals surface area contributed by atoms with Gasteiger partial charge in [-0.1, -0.05) is 41.9 Å². The zero-order chi connectivity index (χ0) is 19.7. The molecular weight excluding hydrogens is 398 g/mol. The number of halogens is 1. The SMILES string of the molecule is CC(C)(Oc1ccc(Cl)cc1)C(=O)O.N[C@@H](Cc1ccccc1)C(=O)O.[CaH2]. The number of hydrogen-bond acceptors (Lipinski definition) is 4. The van der Waals surface area contributed by atoms with Gasteiger partial charge < -0.3 is 20.7 Å². The second kappa shape index (κ2) is 12.2. The molecule has 6 nitrogen and oxygen atoms in total. The number of carbonyl (C=O) groups is 2. The van der Waals surface area contributed by atoms with Gasteiger partial charge in [0.2, 0.25) is 0 Å². The summed E-state index contributed by atoms with van der Waals surface area (Å²) in [6.07, 6.45) is 0.385. The molecule has 0 aliphatic rings. The molecule has 4 N–H and O–H groups in total. The maximum atomic E-state index is 10.7. The average Bonchev–Trinajstić information content (AvgIpc) is 2.58. The summed E-state index contributed by atoms with van der Waals surface area (Å²) in [6, 6.07) is 15.1. The van der Waals surface area contributed by atoms with Crippen molar-refractivity contribution in [1.82, 2.24) is 0 Å². The van der Waals surface area contributed by atoms with Crippen molar-refractivity contribution in [3.05, 3.63) is 65.2 Å². The molecule has 0 unspecified atom stereocenters. The number of ether oxygens (including phenoxy) is 1. The second-order valence-corrected chi connectivity index (χ2v) is 6.44. The number of carboxylic acids is 2. The third-order valence-corrected chi connectivity index (χ3v) is 3.57. The van der Waals surface area contributed by atoms with Gasteiger partial charge in [-0.3, -0.25) is 4.79 Å². The van der Waals surface area contributed by atoms with Gasteiger partial charge in [0.15, 0.2) is 5.60 Å². The monoisotopic (exact) mass is 421 g/mol. The zero-order valence-corrected chi connectivity index (χ0v) is 15.3. The molecule has 2 rings (SSSR count). The van der Waals surface area contributed by atoms with E-state index in [0.29, 0.717) is 17.2 Å². The molecule has 0 aliphatic carbocycles. The Kier molecular flexibility index (Phi) is 11.6. The van der Waals surface area contributed by atoms with Gasteiger partial charge in [0.25, 0.3) is 0 Å². The number of hydrogen-bond donors (Lipinski definition) is 3. The summed E-state index contributed by atoms with van der Waals surface area (Å²) >= 11 is 5.67. The number of aliphatic carboxylic acids is 2. The van der Waals surface area contributed by atoms with Crippen LogP contribution in [0.4, 0.5) is 0 Å². The van der Waals surface area contributed by atoms with Gasteiger partial charge in [0, 0.05) is 5.02 Å². The van der Waals surface area contributed by atoms with Crippen LogP contribution in [0.2, 0.25) is 5.02 Å².